The average Bonchev–Trinajstić information content (AvgIpc) is 2.56. The van der Waals surface area contributed by atoms with Gasteiger partial charge >= 0.3 is 0 Å². The van der Waals surface area contributed by atoms with Crippen molar-refractivity contribution in [1.29, 1.82) is 0 Å². The quantitative estimate of drug-likeness (QED) is 0.875. The van der Waals surface area contributed by atoms with E-state index in [0.717, 1.165) is 17.0 Å². The van der Waals surface area contributed by atoms with E-state index in [9.17, 15) is 13.2 Å². The van der Waals surface area contributed by atoms with Crippen LogP contribution in [0.4, 0.5) is 5.69 Å². The van der Waals surface area contributed by atoms with Crippen LogP contribution in [0.5, 0.6) is 0 Å². The summed E-state index contributed by atoms with van der Waals surface area (Å²) in [6, 6.07) is 15.5. The summed E-state index contributed by atoms with van der Waals surface area (Å²) in [4.78, 5) is 12.7. The lowest BCUT2D eigenvalue weighted by atomic mass is 10.1. The van der Waals surface area contributed by atoms with Crippen molar-refractivity contribution in [3.05, 3.63) is 65.7 Å². The molecule has 0 saturated heterocycles. The zero-order valence-corrected chi connectivity index (χ0v) is 14.9. The van der Waals surface area contributed by atoms with E-state index < -0.39 is 22.0 Å². The molecule has 24 heavy (non-hydrogen) atoms. The van der Waals surface area contributed by atoms with E-state index in [-0.39, 0.29) is 0 Å². The lowest BCUT2D eigenvalue weighted by molar-refractivity contribution is -0.119. The van der Waals surface area contributed by atoms with Gasteiger partial charge in [-0.2, -0.15) is 4.31 Å². The smallest absolute Gasteiger partial charge is 0.247 e. The van der Waals surface area contributed by atoms with Crippen LogP contribution in [0.15, 0.2) is 54.6 Å². The molecule has 0 radical (unpaired) electrons. The molecular formula is C18H22N2O3S. The largest absolute Gasteiger partial charge is 0.324 e. The molecule has 0 heterocycles. The Morgan fingerprint density at radius 3 is 2.17 bits per heavy atom. The molecule has 6 heteroatoms. The third-order valence-corrected chi connectivity index (χ3v) is 5.14. The number of rotatable bonds is 6. The van der Waals surface area contributed by atoms with Gasteiger partial charge in [-0.3, -0.25) is 4.79 Å². The Bertz CT molecular complexity index is 787. The van der Waals surface area contributed by atoms with Gasteiger partial charge in [-0.05, 0) is 29.7 Å². The molecule has 0 aliphatic carbocycles. The van der Waals surface area contributed by atoms with Crippen LogP contribution in [0.3, 0.4) is 0 Å². The van der Waals surface area contributed by atoms with Gasteiger partial charge in [0.1, 0.15) is 6.04 Å². The second-order valence-electron chi connectivity index (χ2n) is 5.63. The van der Waals surface area contributed by atoms with Gasteiger partial charge < -0.3 is 5.32 Å². The number of nitrogens with one attached hydrogen (secondary N) is 1. The van der Waals surface area contributed by atoms with Gasteiger partial charge in [-0.25, -0.2) is 8.42 Å². The molecule has 1 N–H and O–H groups in total. The van der Waals surface area contributed by atoms with Gasteiger partial charge in [0.05, 0.1) is 6.26 Å². The van der Waals surface area contributed by atoms with Crippen LogP contribution >= 0.6 is 0 Å². The fraction of sp³-hybridized carbons (Fsp3) is 0.278. The van der Waals surface area contributed by atoms with Crippen molar-refractivity contribution < 1.29 is 13.2 Å². The van der Waals surface area contributed by atoms with Crippen molar-refractivity contribution in [3.63, 3.8) is 0 Å². The molecule has 0 spiro atoms. The van der Waals surface area contributed by atoms with Crippen molar-refractivity contribution in [2.45, 2.75) is 19.4 Å². The SMILES string of the molecule is CCc1ccc(NC(=O)C(c2ccccc2)N(C)S(C)(=O)=O)cc1. The second-order valence-corrected chi connectivity index (χ2v) is 7.67. The van der Waals surface area contributed by atoms with Gasteiger partial charge in [-0.1, -0.05) is 49.4 Å². The van der Waals surface area contributed by atoms with Crippen molar-refractivity contribution in [3.8, 4) is 0 Å². The van der Waals surface area contributed by atoms with Gasteiger partial charge in [0.15, 0.2) is 0 Å². The Morgan fingerprint density at radius 1 is 1.08 bits per heavy atom. The van der Waals surface area contributed by atoms with Crippen LogP contribution in [0.2, 0.25) is 0 Å². The first kappa shape index (κ1) is 18.2. The third-order valence-electron chi connectivity index (χ3n) is 3.88. The molecule has 128 valence electrons. The topological polar surface area (TPSA) is 66.5 Å². The van der Waals surface area contributed by atoms with Crippen molar-refractivity contribution in [1.82, 2.24) is 4.31 Å². The molecule has 2 aromatic carbocycles. The fourth-order valence-corrected chi connectivity index (χ4v) is 2.99. The first-order chi connectivity index (χ1) is 11.3. The number of likely N-dealkylation sites (N-methyl/N-ethyl adjacent to an activating group) is 1. The molecule has 1 amide bonds. The Kier molecular flexibility index (Phi) is 5.75. The number of sulfonamides is 1. The minimum atomic E-state index is -3.53. The van der Waals surface area contributed by atoms with E-state index in [0.29, 0.717) is 11.3 Å². The first-order valence-electron chi connectivity index (χ1n) is 7.70. The van der Waals surface area contributed by atoms with Gasteiger partial charge in [0.2, 0.25) is 15.9 Å². The van der Waals surface area contributed by atoms with E-state index in [2.05, 4.69) is 12.2 Å². The monoisotopic (exact) mass is 346 g/mol. The summed E-state index contributed by atoms with van der Waals surface area (Å²) < 4.78 is 24.9. The average molecular weight is 346 g/mol. The molecule has 5 nitrogen and oxygen atoms in total. The Balaban J connectivity index is 2.30. The van der Waals surface area contributed by atoms with Crippen LogP contribution in [0, 0.1) is 0 Å². The number of benzene rings is 2. The van der Waals surface area contributed by atoms with Crippen LogP contribution in [0.1, 0.15) is 24.1 Å². The van der Waals surface area contributed by atoms with Crippen molar-refractivity contribution in [2.75, 3.05) is 18.6 Å². The third kappa shape index (κ3) is 4.43. The summed E-state index contributed by atoms with van der Waals surface area (Å²) in [7, 11) is -2.12. The van der Waals surface area contributed by atoms with Gasteiger partial charge in [0, 0.05) is 12.7 Å². The Hall–Kier alpha value is -2.18. The summed E-state index contributed by atoms with van der Waals surface area (Å²) in [5.41, 5.74) is 2.42. The first-order valence-corrected chi connectivity index (χ1v) is 9.55. The minimum Gasteiger partial charge on any atom is -0.324 e. The summed E-state index contributed by atoms with van der Waals surface area (Å²) in [6.07, 6.45) is 2.00. The maximum atomic E-state index is 12.7. The van der Waals surface area contributed by atoms with E-state index >= 15 is 0 Å². The zero-order valence-electron chi connectivity index (χ0n) is 14.1. The Labute approximate surface area is 143 Å². The van der Waals surface area contributed by atoms with Gasteiger partial charge in [0.25, 0.3) is 0 Å². The highest BCUT2D eigenvalue weighted by Crippen LogP contribution is 2.24. The minimum absolute atomic E-state index is 0.390. The lowest BCUT2D eigenvalue weighted by Crippen LogP contribution is -2.38. The molecule has 0 aromatic heterocycles. The number of carbonyl (C=O) groups excluding carboxylic acids is 1. The predicted molar refractivity (Wildman–Crippen MR) is 96.2 cm³/mol. The standard InChI is InChI=1S/C18H22N2O3S/c1-4-14-10-12-16(13-11-14)19-18(21)17(20(2)24(3,22)23)15-8-6-5-7-9-15/h5-13,17H,4H2,1-3H3,(H,19,21). The zero-order chi connectivity index (χ0) is 17.7. The molecule has 0 bridgehead atoms. The number of hydrogen-bond donors (Lipinski definition) is 1. The number of amides is 1. The number of hydrogen-bond acceptors (Lipinski definition) is 3. The number of aryl methyl sites for hydroxylation is 1. The van der Waals surface area contributed by atoms with Crippen LogP contribution in [-0.2, 0) is 21.2 Å². The number of anilines is 1. The van der Waals surface area contributed by atoms with E-state index in [4.69, 9.17) is 0 Å². The molecule has 0 saturated carbocycles. The van der Waals surface area contributed by atoms with Crippen molar-refractivity contribution >= 4 is 21.6 Å². The molecular weight excluding hydrogens is 324 g/mol. The normalized spacial score (nSPS) is 12.8. The maximum absolute atomic E-state index is 12.7. The molecule has 0 fully saturated rings. The number of carbonyl (C=O) groups is 1. The molecule has 0 aliphatic rings. The van der Waals surface area contributed by atoms with E-state index in [1.54, 1.807) is 24.3 Å². The lowest BCUT2D eigenvalue weighted by Gasteiger charge is -2.25. The second kappa shape index (κ2) is 7.59. The van der Waals surface area contributed by atoms with Gasteiger partial charge in [-0.15, -0.1) is 0 Å². The maximum Gasteiger partial charge on any atom is 0.247 e. The fourth-order valence-electron chi connectivity index (χ4n) is 2.39. The highest BCUT2D eigenvalue weighted by Gasteiger charge is 2.30. The highest BCUT2D eigenvalue weighted by molar-refractivity contribution is 7.88. The molecule has 1 atom stereocenters. The van der Waals surface area contributed by atoms with Crippen LogP contribution in [0.25, 0.3) is 0 Å². The highest BCUT2D eigenvalue weighted by atomic mass is 32.2. The van der Waals surface area contributed by atoms with Crippen LogP contribution in [-0.4, -0.2) is 31.9 Å². The van der Waals surface area contributed by atoms with E-state index in [1.807, 2.05) is 30.3 Å². The number of nitrogens with zero attached hydrogens (tertiary/aromatic N) is 1. The summed E-state index contributed by atoms with van der Waals surface area (Å²) in [5, 5.41) is 2.80. The molecule has 1 unspecified atom stereocenters. The molecule has 2 rings (SSSR count). The summed E-state index contributed by atoms with van der Waals surface area (Å²) in [5.74, 6) is -0.390. The van der Waals surface area contributed by atoms with Crippen molar-refractivity contribution in [2.24, 2.45) is 0 Å². The van der Waals surface area contributed by atoms with E-state index in [1.165, 1.54) is 12.6 Å². The molecule has 2 aromatic rings. The predicted octanol–water partition coefficient (Wildman–Crippen LogP) is 2.82. The molecule has 0 aliphatic heterocycles. The Morgan fingerprint density at radius 2 is 1.67 bits per heavy atom. The summed E-state index contributed by atoms with van der Waals surface area (Å²) in [6.45, 7) is 2.06. The summed E-state index contributed by atoms with van der Waals surface area (Å²) >= 11 is 0. The van der Waals surface area contributed by atoms with Crippen LogP contribution < -0.4 is 5.32 Å².